The Bertz CT molecular complexity index is 916. The summed E-state index contributed by atoms with van der Waals surface area (Å²) in [4.78, 5) is 22.8. The Morgan fingerprint density at radius 2 is 1.61 bits per heavy atom. The minimum absolute atomic E-state index is 0.167. The molecule has 0 radical (unpaired) electrons. The maximum Gasteiger partial charge on any atom is 0.335 e. The first-order chi connectivity index (χ1) is 11.0. The van der Waals surface area contributed by atoms with Gasteiger partial charge in [0, 0.05) is 11.6 Å². The highest BCUT2D eigenvalue weighted by atomic mass is 19.1. The molecule has 0 aliphatic rings. The summed E-state index contributed by atoms with van der Waals surface area (Å²) in [5.41, 5.74) is 1.44. The SMILES string of the molecule is O=C(O)c1ccc(-c2ccc(=O)n(-c3ccc(F)cc3)n2)cc1. The molecule has 0 amide bonds. The number of aromatic nitrogens is 2. The molecule has 2 aromatic carbocycles. The van der Waals surface area contributed by atoms with Crippen molar-refractivity contribution in [2.75, 3.05) is 0 Å². The lowest BCUT2D eigenvalue weighted by molar-refractivity contribution is 0.0697. The van der Waals surface area contributed by atoms with Gasteiger partial charge < -0.3 is 5.11 Å². The zero-order valence-electron chi connectivity index (χ0n) is 11.8. The number of aromatic carboxylic acids is 1. The number of hydrogen-bond acceptors (Lipinski definition) is 3. The van der Waals surface area contributed by atoms with Crippen LogP contribution < -0.4 is 5.56 Å². The van der Waals surface area contributed by atoms with Crippen LogP contribution in [-0.4, -0.2) is 20.9 Å². The highest BCUT2D eigenvalue weighted by Crippen LogP contribution is 2.17. The molecule has 3 rings (SSSR count). The monoisotopic (exact) mass is 310 g/mol. The van der Waals surface area contributed by atoms with E-state index in [1.165, 1.54) is 47.1 Å². The summed E-state index contributed by atoms with van der Waals surface area (Å²) in [5.74, 6) is -1.41. The third-order valence-corrected chi connectivity index (χ3v) is 3.30. The van der Waals surface area contributed by atoms with E-state index in [0.717, 1.165) is 0 Å². The standard InChI is InChI=1S/C17H11FN2O3/c18-13-5-7-14(8-6-13)20-16(21)10-9-15(19-20)11-1-3-12(4-2-11)17(22)23/h1-10H,(H,22,23). The molecule has 0 unspecified atom stereocenters. The Morgan fingerprint density at radius 3 is 2.22 bits per heavy atom. The van der Waals surface area contributed by atoms with Crippen LogP contribution in [-0.2, 0) is 0 Å². The Kier molecular flexibility index (Phi) is 3.72. The van der Waals surface area contributed by atoms with E-state index in [4.69, 9.17) is 5.11 Å². The van der Waals surface area contributed by atoms with E-state index in [2.05, 4.69) is 5.10 Å². The molecule has 23 heavy (non-hydrogen) atoms. The quantitative estimate of drug-likeness (QED) is 0.807. The number of benzene rings is 2. The van der Waals surface area contributed by atoms with Crippen molar-refractivity contribution in [1.82, 2.24) is 9.78 Å². The fourth-order valence-electron chi connectivity index (χ4n) is 2.12. The molecule has 1 heterocycles. The number of hydrogen-bond donors (Lipinski definition) is 1. The molecule has 5 nitrogen and oxygen atoms in total. The number of carboxylic acids is 1. The molecule has 114 valence electrons. The maximum atomic E-state index is 13.0. The van der Waals surface area contributed by atoms with E-state index in [9.17, 15) is 14.0 Å². The van der Waals surface area contributed by atoms with Crippen molar-refractivity contribution in [3.05, 3.63) is 82.4 Å². The summed E-state index contributed by atoms with van der Waals surface area (Å²) < 4.78 is 14.2. The van der Waals surface area contributed by atoms with Crippen LogP contribution in [0.15, 0.2) is 65.5 Å². The molecule has 0 spiro atoms. The summed E-state index contributed by atoms with van der Waals surface area (Å²) in [6.45, 7) is 0. The average molecular weight is 310 g/mol. The van der Waals surface area contributed by atoms with Crippen LogP contribution in [0.2, 0.25) is 0 Å². The Hall–Kier alpha value is -3.28. The van der Waals surface area contributed by atoms with Gasteiger partial charge in [0.2, 0.25) is 0 Å². The summed E-state index contributed by atoms with van der Waals surface area (Å²) in [6.07, 6.45) is 0. The first-order valence-corrected chi connectivity index (χ1v) is 6.75. The van der Waals surface area contributed by atoms with Gasteiger partial charge in [-0.2, -0.15) is 9.78 Å². The Morgan fingerprint density at radius 1 is 0.957 bits per heavy atom. The fraction of sp³-hybridized carbons (Fsp3) is 0. The van der Waals surface area contributed by atoms with Gasteiger partial charge in [-0.1, -0.05) is 12.1 Å². The lowest BCUT2D eigenvalue weighted by Crippen LogP contribution is -2.20. The van der Waals surface area contributed by atoms with Crippen molar-refractivity contribution in [2.45, 2.75) is 0 Å². The predicted molar refractivity (Wildman–Crippen MR) is 82.2 cm³/mol. The van der Waals surface area contributed by atoms with Crippen molar-refractivity contribution in [3.8, 4) is 16.9 Å². The first kappa shape index (κ1) is 14.6. The van der Waals surface area contributed by atoms with Crippen LogP contribution in [0.1, 0.15) is 10.4 Å². The van der Waals surface area contributed by atoms with E-state index in [1.54, 1.807) is 18.2 Å². The van der Waals surface area contributed by atoms with Crippen LogP contribution >= 0.6 is 0 Å². The summed E-state index contributed by atoms with van der Waals surface area (Å²) >= 11 is 0. The van der Waals surface area contributed by atoms with Gasteiger partial charge in [-0.3, -0.25) is 4.79 Å². The molecule has 0 aliphatic carbocycles. The van der Waals surface area contributed by atoms with Crippen LogP contribution in [0.5, 0.6) is 0 Å². The third-order valence-electron chi connectivity index (χ3n) is 3.30. The normalized spacial score (nSPS) is 10.5. The van der Waals surface area contributed by atoms with Crippen molar-refractivity contribution >= 4 is 5.97 Å². The van der Waals surface area contributed by atoms with Crippen molar-refractivity contribution in [2.24, 2.45) is 0 Å². The van der Waals surface area contributed by atoms with Crippen LogP contribution in [0, 0.1) is 5.82 Å². The minimum Gasteiger partial charge on any atom is -0.478 e. The van der Waals surface area contributed by atoms with Gasteiger partial charge in [0.15, 0.2) is 0 Å². The molecular formula is C17H11FN2O3. The molecule has 3 aromatic rings. The molecule has 0 saturated carbocycles. The number of carbonyl (C=O) groups is 1. The third kappa shape index (κ3) is 3.01. The Balaban J connectivity index is 2.05. The lowest BCUT2D eigenvalue weighted by atomic mass is 10.1. The fourth-order valence-corrected chi connectivity index (χ4v) is 2.12. The van der Waals surface area contributed by atoms with E-state index in [0.29, 0.717) is 16.9 Å². The smallest absolute Gasteiger partial charge is 0.335 e. The molecular weight excluding hydrogens is 299 g/mol. The second-order valence-corrected chi connectivity index (χ2v) is 4.83. The summed E-state index contributed by atoms with van der Waals surface area (Å²) in [5, 5.41) is 13.2. The lowest BCUT2D eigenvalue weighted by Gasteiger charge is -2.07. The van der Waals surface area contributed by atoms with Crippen LogP contribution in [0.25, 0.3) is 16.9 Å². The number of rotatable bonds is 3. The zero-order chi connectivity index (χ0) is 16.4. The molecule has 0 fully saturated rings. The molecule has 0 saturated heterocycles. The Labute approximate surface area is 130 Å². The second-order valence-electron chi connectivity index (χ2n) is 4.83. The van der Waals surface area contributed by atoms with E-state index < -0.39 is 11.8 Å². The van der Waals surface area contributed by atoms with E-state index in [-0.39, 0.29) is 11.1 Å². The number of nitrogens with zero attached hydrogens (tertiary/aromatic N) is 2. The van der Waals surface area contributed by atoms with Crippen molar-refractivity contribution in [3.63, 3.8) is 0 Å². The molecule has 6 heteroatoms. The van der Waals surface area contributed by atoms with Crippen LogP contribution in [0.4, 0.5) is 4.39 Å². The zero-order valence-corrected chi connectivity index (χ0v) is 11.8. The van der Waals surface area contributed by atoms with Gasteiger partial charge >= 0.3 is 5.97 Å². The number of halogens is 1. The summed E-state index contributed by atoms with van der Waals surface area (Å²) in [6, 6.07) is 14.5. The van der Waals surface area contributed by atoms with Crippen molar-refractivity contribution < 1.29 is 14.3 Å². The summed E-state index contributed by atoms with van der Waals surface area (Å²) in [7, 11) is 0. The first-order valence-electron chi connectivity index (χ1n) is 6.75. The van der Waals surface area contributed by atoms with Crippen molar-refractivity contribution in [1.29, 1.82) is 0 Å². The maximum absolute atomic E-state index is 13.0. The second kappa shape index (κ2) is 5.84. The van der Waals surface area contributed by atoms with Gasteiger partial charge in [0.1, 0.15) is 5.82 Å². The van der Waals surface area contributed by atoms with Gasteiger partial charge in [-0.15, -0.1) is 0 Å². The van der Waals surface area contributed by atoms with Gasteiger partial charge in [-0.05, 0) is 42.5 Å². The highest BCUT2D eigenvalue weighted by molar-refractivity contribution is 5.88. The average Bonchev–Trinajstić information content (AvgIpc) is 2.56. The van der Waals surface area contributed by atoms with E-state index in [1.807, 2.05) is 0 Å². The predicted octanol–water partition coefficient (Wildman–Crippen LogP) is 2.74. The van der Waals surface area contributed by atoms with E-state index >= 15 is 0 Å². The molecule has 1 aromatic heterocycles. The number of carboxylic acid groups (broad SMARTS) is 1. The largest absolute Gasteiger partial charge is 0.478 e. The topological polar surface area (TPSA) is 72.2 Å². The molecule has 0 bridgehead atoms. The van der Waals surface area contributed by atoms with Crippen LogP contribution in [0.3, 0.4) is 0 Å². The van der Waals surface area contributed by atoms with Gasteiger partial charge in [-0.25, -0.2) is 9.18 Å². The van der Waals surface area contributed by atoms with Gasteiger partial charge in [0.25, 0.3) is 5.56 Å². The molecule has 0 aliphatic heterocycles. The van der Waals surface area contributed by atoms with Gasteiger partial charge in [0.05, 0.1) is 16.9 Å². The molecule has 0 atom stereocenters. The minimum atomic E-state index is -1.01. The molecule has 1 N–H and O–H groups in total. The highest BCUT2D eigenvalue weighted by Gasteiger charge is 2.07.